The van der Waals surface area contributed by atoms with Crippen molar-refractivity contribution in [3.63, 3.8) is 0 Å². The lowest BCUT2D eigenvalue weighted by molar-refractivity contribution is -0.176. The molecule has 5 atom stereocenters. The first-order valence-electron chi connectivity index (χ1n) is 14.4. The van der Waals surface area contributed by atoms with Gasteiger partial charge in [0.25, 0.3) is 5.91 Å². The third kappa shape index (κ3) is 6.12. The molecule has 2 N–H and O–H groups in total. The maximum atomic E-state index is 13.9. The molecule has 4 fully saturated rings. The standard InChI is InChI=1S/C28H40F3N5O6/c1-26(2,3)21(33-25(42)28(29,30)31)24(41)36-13-15-18(27(15,4)5)19(36)22(39)32-16(14-35-10-7-6-9-17(35)37)20(38)23(40)34-11-8-12-34/h15-16,18-19,21H,6-14H2,1-5H3,(H,32,39)(H,33,42)/t15-,16-,18-,19-,21+/m0/s1. The second-order valence-corrected chi connectivity index (χ2v) is 13.5. The largest absolute Gasteiger partial charge is 0.471 e. The first kappa shape index (κ1) is 31.7. The Kier molecular flexibility index (Phi) is 8.42. The number of hydrogen-bond acceptors (Lipinski definition) is 6. The molecular weight excluding hydrogens is 559 g/mol. The van der Waals surface area contributed by atoms with Crippen molar-refractivity contribution < 1.29 is 41.9 Å². The Labute approximate surface area is 242 Å². The van der Waals surface area contributed by atoms with Crippen molar-refractivity contribution in [2.75, 3.05) is 32.7 Å². The highest BCUT2D eigenvalue weighted by Crippen LogP contribution is 2.65. The zero-order chi connectivity index (χ0) is 31.4. The molecule has 4 rings (SSSR count). The van der Waals surface area contributed by atoms with Crippen LogP contribution in [0.2, 0.25) is 0 Å². The Balaban J connectivity index is 1.59. The molecule has 14 heteroatoms. The minimum Gasteiger partial charge on any atom is -0.342 e. The number of ketones is 1. The lowest BCUT2D eigenvalue weighted by atomic mass is 9.85. The average molecular weight is 600 g/mol. The van der Waals surface area contributed by atoms with Gasteiger partial charge in [-0.25, -0.2) is 0 Å². The van der Waals surface area contributed by atoms with Crippen LogP contribution in [0.5, 0.6) is 0 Å². The molecule has 3 heterocycles. The van der Waals surface area contributed by atoms with Crippen LogP contribution in [0.25, 0.3) is 0 Å². The highest BCUT2D eigenvalue weighted by atomic mass is 19.4. The molecule has 0 radical (unpaired) electrons. The first-order chi connectivity index (χ1) is 19.4. The number of fused-ring (bicyclic) bond motifs is 1. The summed E-state index contributed by atoms with van der Waals surface area (Å²) >= 11 is 0. The van der Waals surface area contributed by atoms with Crippen LogP contribution in [-0.4, -0.2) is 107 Å². The molecule has 4 aliphatic rings. The third-order valence-corrected chi connectivity index (χ3v) is 9.22. The molecule has 0 aromatic heterocycles. The van der Waals surface area contributed by atoms with E-state index in [1.807, 2.05) is 13.8 Å². The molecular formula is C28H40F3N5O6. The molecule has 0 aromatic carbocycles. The van der Waals surface area contributed by atoms with E-state index in [4.69, 9.17) is 0 Å². The second kappa shape index (κ2) is 11.1. The van der Waals surface area contributed by atoms with Gasteiger partial charge >= 0.3 is 12.1 Å². The summed E-state index contributed by atoms with van der Waals surface area (Å²) in [6, 6.07) is -4.08. The number of nitrogens with zero attached hydrogens (tertiary/aromatic N) is 3. The average Bonchev–Trinajstić information content (AvgIpc) is 3.18. The number of rotatable bonds is 8. The fourth-order valence-electron chi connectivity index (χ4n) is 6.39. The van der Waals surface area contributed by atoms with E-state index in [0.29, 0.717) is 32.5 Å². The van der Waals surface area contributed by atoms with Gasteiger partial charge in [0, 0.05) is 39.1 Å². The lowest BCUT2D eigenvalue weighted by Crippen LogP contribution is -2.62. The van der Waals surface area contributed by atoms with Crippen molar-refractivity contribution in [3.05, 3.63) is 0 Å². The number of carbonyl (C=O) groups is 6. The zero-order valence-corrected chi connectivity index (χ0v) is 24.7. The fourth-order valence-corrected chi connectivity index (χ4v) is 6.39. The van der Waals surface area contributed by atoms with E-state index in [9.17, 15) is 41.9 Å². The van der Waals surface area contributed by atoms with E-state index in [2.05, 4.69) is 5.32 Å². The summed E-state index contributed by atoms with van der Waals surface area (Å²) in [5.74, 6) is -6.13. The van der Waals surface area contributed by atoms with Gasteiger partial charge in [0.1, 0.15) is 18.1 Å². The minimum absolute atomic E-state index is 0.0823. The maximum absolute atomic E-state index is 13.9. The number of hydrogen-bond donors (Lipinski definition) is 2. The van der Waals surface area contributed by atoms with Crippen LogP contribution in [0.3, 0.4) is 0 Å². The Hall–Kier alpha value is -3.19. The SMILES string of the molecule is CC(C)(C)[C@H](NC(=O)C(F)(F)F)C(=O)N1C[C@H]2[C@@H]([C@H]1C(=O)N[C@@H](CN1CCCCC1=O)C(=O)C(=O)N1CCC1)C2(C)C. The van der Waals surface area contributed by atoms with Crippen LogP contribution in [0, 0.1) is 22.7 Å². The molecule has 0 spiro atoms. The van der Waals surface area contributed by atoms with Gasteiger partial charge in [-0.1, -0.05) is 34.6 Å². The Morgan fingerprint density at radius 1 is 0.976 bits per heavy atom. The second-order valence-electron chi connectivity index (χ2n) is 13.5. The molecule has 1 saturated carbocycles. The molecule has 0 aromatic rings. The molecule has 0 bridgehead atoms. The van der Waals surface area contributed by atoms with Gasteiger partial charge in [0.05, 0.1) is 0 Å². The number of amides is 5. The number of likely N-dealkylation sites (tertiary alicyclic amines) is 3. The van der Waals surface area contributed by atoms with Gasteiger partial charge in [-0.2, -0.15) is 13.2 Å². The number of Topliss-reactive ketones (excluding diaryl/α,β-unsaturated/α-hetero) is 1. The quantitative estimate of drug-likeness (QED) is 0.398. The van der Waals surface area contributed by atoms with Crippen LogP contribution < -0.4 is 10.6 Å². The predicted octanol–water partition coefficient (Wildman–Crippen LogP) is 0.861. The molecule has 3 aliphatic heterocycles. The van der Waals surface area contributed by atoms with Gasteiger partial charge in [0.15, 0.2) is 0 Å². The number of alkyl halides is 3. The summed E-state index contributed by atoms with van der Waals surface area (Å²) in [4.78, 5) is 82.2. The van der Waals surface area contributed by atoms with Gasteiger partial charge in [-0.05, 0) is 41.9 Å². The summed E-state index contributed by atoms with van der Waals surface area (Å²) < 4.78 is 39.3. The molecule has 5 amide bonds. The lowest BCUT2D eigenvalue weighted by Gasteiger charge is -2.38. The van der Waals surface area contributed by atoms with Crippen LogP contribution in [0.15, 0.2) is 0 Å². The third-order valence-electron chi connectivity index (χ3n) is 9.22. The first-order valence-corrected chi connectivity index (χ1v) is 14.4. The molecule has 0 unspecified atom stereocenters. The monoisotopic (exact) mass is 599 g/mol. The van der Waals surface area contributed by atoms with Crippen molar-refractivity contribution in [2.45, 2.75) is 84.6 Å². The summed E-state index contributed by atoms with van der Waals surface area (Å²) in [7, 11) is 0. The van der Waals surface area contributed by atoms with Gasteiger partial charge in [-0.15, -0.1) is 0 Å². The summed E-state index contributed by atoms with van der Waals surface area (Å²) in [6.07, 6.45) is -2.77. The smallest absolute Gasteiger partial charge is 0.342 e. The van der Waals surface area contributed by atoms with Gasteiger partial charge < -0.3 is 25.3 Å². The van der Waals surface area contributed by atoms with Gasteiger partial charge in [0.2, 0.25) is 23.5 Å². The summed E-state index contributed by atoms with van der Waals surface area (Å²) in [5.41, 5.74) is -1.49. The number of piperidine rings is 2. The van der Waals surface area contributed by atoms with E-state index >= 15 is 0 Å². The van der Waals surface area contributed by atoms with Gasteiger partial charge in [-0.3, -0.25) is 28.8 Å². The van der Waals surface area contributed by atoms with Crippen molar-refractivity contribution in [3.8, 4) is 0 Å². The highest BCUT2D eigenvalue weighted by molar-refractivity contribution is 6.38. The maximum Gasteiger partial charge on any atom is 0.471 e. The molecule has 42 heavy (non-hydrogen) atoms. The molecule has 11 nitrogen and oxygen atoms in total. The Bertz CT molecular complexity index is 1160. The van der Waals surface area contributed by atoms with Crippen molar-refractivity contribution >= 4 is 35.3 Å². The van der Waals surface area contributed by atoms with Crippen molar-refractivity contribution in [1.82, 2.24) is 25.3 Å². The van der Waals surface area contributed by atoms with Crippen LogP contribution in [-0.2, 0) is 28.8 Å². The summed E-state index contributed by atoms with van der Waals surface area (Å²) in [6.45, 7) is 9.43. The van der Waals surface area contributed by atoms with Crippen molar-refractivity contribution in [1.29, 1.82) is 0 Å². The molecule has 3 saturated heterocycles. The molecule has 234 valence electrons. The van der Waals surface area contributed by atoms with E-state index < -0.39 is 59.1 Å². The Morgan fingerprint density at radius 2 is 1.62 bits per heavy atom. The summed E-state index contributed by atoms with van der Waals surface area (Å²) in [5, 5.41) is 4.45. The normalized spacial score (nSPS) is 26.5. The van der Waals surface area contributed by atoms with E-state index in [1.165, 1.54) is 35.5 Å². The molecule has 1 aliphatic carbocycles. The van der Waals surface area contributed by atoms with E-state index in [1.54, 1.807) is 5.32 Å². The number of halogens is 3. The van der Waals surface area contributed by atoms with Crippen molar-refractivity contribution in [2.24, 2.45) is 22.7 Å². The number of nitrogens with one attached hydrogen (secondary N) is 2. The zero-order valence-electron chi connectivity index (χ0n) is 24.7. The minimum atomic E-state index is -5.21. The van der Waals surface area contributed by atoms with Crippen LogP contribution in [0.4, 0.5) is 13.2 Å². The van der Waals surface area contributed by atoms with Crippen LogP contribution >= 0.6 is 0 Å². The Morgan fingerprint density at radius 3 is 2.14 bits per heavy atom. The number of carbonyl (C=O) groups excluding carboxylic acids is 6. The van der Waals surface area contributed by atoms with Crippen LogP contribution in [0.1, 0.15) is 60.3 Å². The van der Waals surface area contributed by atoms with E-state index in [0.717, 1.165) is 6.42 Å². The predicted molar refractivity (Wildman–Crippen MR) is 142 cm³/mol. The topological polar surface area (TPSA) is 136 Å². The van der Waals surface area contributed by atoms with E-state index in [-0.39, 0.29) is 42.7 Å². The highest BCUT2D eigenvalue weighted by Gasteiger charge is 2.70. The fraction of sp³-hybridized carbons (Fsp3) is 0.786.